The number of hydrogen-bond donors (Lipinski definition) is 3. The van der Waals surface area contributed by atoms with Crippen molar-refractivity contribution in [1.29, 1.82) is 5.26 Å². The zero-order valence-electron chi connectivity index (χ0n) is 21.2. The van der Waals surface area contributed by atoms with Gasteiger partial charge in [0.15, 0.2) is 0 Å². The number of rotatable bonds is 9. The normalized spacial score (nSPS) is 19.9. The molecule has 1 unspecified atom stereocenters. The first-order chi connectivity index (χ1) is 17.2. The fraction of sp³-hybridized carbons (Fsp3) is 0.577. The summed E-state index contributed by atoms with van der Waals surface area (Å²) in [4.78, 5) is 29.6. The fourth-order valence-electron chi connectivity index (χ4n) is 4.95. The van der Waals surface area contributed by atoms with Gasteiger partial charge >= 0.3 is 13.2 Å². The highest BCUT2D eigenvalue weighted by Gasteiger charge is 2.34. The van der Waals surface area contributed by atoms with Gasteiger partial charge in [-0.05, 0) is 70.7 Å². The highest BCUT2D eigenvalue weighted by atomic mass is 16.5. The van der Waals surface area contributed by atoms with Crippen LogP contribution in [-0.4, -0.2) is 82.7 Å². The van der Waals surface area contributed by atoms with E-state index >= 15 is 0 Å². The number of hydrogen-bond acceptors (Lipinski definition) is 7. The van der Waals surface area contributed by atoms with Crippen molar-refractivity contribution in [3.8, 4) is 6.07 Å². The molecule has 2 aliphatic heterocycles. The number of carbonyl (C=O) groups excluding carboxylic acids is 2. The number of alkyl carbamates (subject to hydrolysis) is 1. The second-order valence-corrected chi connectivity index (χ2v) is 10.1. The van der Waals surface area contributed by atoms with Crippen LogP contribution in [-0.2, 0) is 16.0 Å². The summed E-state index contributed by atoms with van der Waals surface area (Å²) in [6, 6.07) is 10.9. The Hall–Kier alpha value is -2.87. The van der Waals surface area contributed by atoms with Crippen molar-refractivity contribution in [1.82, 2.24) is 15.1 Å². The number of amides is 2. The molecule has 3 N–H and O–H groups in total. The van der Waals surface area contributed by atoms with E-state index in [4.69, 9.17) is 4.74 Å². The number of benzene rings is 1. The maximum absolute atomic E-state index is 13.3. The van der Waals surface area contributed by atoms with Crippen LogP contribution in [0.3, 0.4) is 0 Å². The Morgan fingerprint density at radius 3 is 2.53 bits per heavy atom. The van der Waals surface area contributed by atoms with Crippen molar-refractivity contribution in [3.05, 3.63) is 47.5 Å². The van der Waals surface area contributed by atoms with Crippen molar-refractivity contribution < 1.29 is 24.4 Å². The van der Waals surface area contributed by atoms with E-state index < -0.39 is 24.7 Å². The van der Waals surface area contributed by atoms with Gasteiger partial charge in [0, 0.05) is 12.1 Å². The number of carbonyl (C=O) groups is 2. The lowest BCUT2D eigenvalue weighted by atomic mass is 9.76. The van der Waals surface area contributed by atoms with Crippen molar-refractivity contribution >= 4 is 19.1 Å². The fourth-order valence-corrected chi connectivity index (χ4v) is 4.95. The van der Waals surface area contributed by atoms with Crippen LogP contribution in [0.15, 0.2) is 42.0 Å². The molecule has 2 heterocycles. The minimum atomic E-state index is -1.76. The second-order valence-electron chi connectivity index (χ2n) is 10.1. The van der Waals surface area contributed by atoms with E-state index in [0.29, 0.717) is 13.0 Å². The van der Waals surface area contributed by atoms with E-state index in [9.17, 15) is 24.9 Å². The van der Waals surface area contributed by atoms with Crippen molar-refractivity contribution in [2.45, 2.75) is 69.9 Å². The second kappa shape index (κ2) is 12.9. The lowest BCUT2D eigenvalue weighted by Crippen LogP contribution is -2.49. The SMILES string of the molecule is CC(C)(/C=C(\C#N)C(=O)N1CCC[C@@H]1COC(=O)NC(Cc1ccccc1)B(O)O)N1CCCCC1. The molecule has 3 rings (SSSR count). The summed E-state index contributed by atoms with van der Waals surface area (Å²) in [5.41, 5.74) is 0.533. The topological polar surface area (TPSA) is 126 Å². The lowest BCUT2D eigenvalue weighted by Gasteiger charge is -2.39. The monoisotopic (exact) mass is 496 g/mol. The summed E-state index contributed by atoms with van der Waals surface area (Å²) in [5, 5.41) is 31.6. The first kappa shape index (κ1) is 27.7. The quantitative estimate of drug-likeness (QED) is 0.271. The molecular formula is C26H37BN4O5. The summed E-state index contributed by atoms with van der Waals surface area (Å²) < 4.78 is 5.36. The maximum Gasteiger partial charge on any atom is 0.475 e. The van der Waals surface area contributed by atoms with Crippen LogP contribution in [0.2, 0.25) is 0 Å². The Kier molecular flexibility index (Phi) is 9.93. The van der Waals surface area contributed by atoms with Crippen molar-refractivity contribution in [2.24, 2.45) is 0 Å². The Morgan fingerprint density at radius 1 is 1.19 bits per heavy atom. The highest BCUT2D eigenvalue weighted by molar-refractivity contribution is 6.43. The van der Waals surface area contributed by atoms with Gasteiger partial charge in [-0.2, -0.15) is 5.26 Å². The number of nitrogens with zero attached hydrogens (tertiary/aromatic N) is 3. The minimum absolute atomic E-state index is 0.0363. The molecule has 2 aliphatic rings. The molecule has 1 aromatic carbocycles. The molecule has 1 aromatic rings. The number of ether oxygens (including phenoxy) is 1. The number of likely N-dealkylation sites (tertiary alicyclic amines) is 2. The third kappa shape index (κ3) is 7.57. The predicted octanol–water partition coefficient (Wildman–Crippen LogP) is 2.04. The Morgan fingerprint density at radius 2 is 1.89 bits per heavy atom. The van der Waals surface area contributed by atoms with Crippen LogP contribution in [0.5, 0.6) is 0 Å². The summed E-state index contributed by atoms with van der Waals surface area (Å²) >= 11 is 0. The van der Waals surface area contributed by atoms with E-state index in [1.807, 2.05) is 44.2 Å². The van der Waals surface area contributed by atoms with Crippen molar-refractivity contribution in [2.75, 3.05) is 26.2 Å². The van der Waals surface area contributed by atoms with Crippen molar-refractivity contribution in [3.63, 3.8) is 0 Å². The molecule has 36 heavy (non-hydrogen) atoms. The molecule has 0 bridgehead atoms. The van der Waals surface area contributed by atoms with Gasteiger partial charge in [-0.3, -0.25) is 9.69 Å². The third-order valence-corrected chi connectivity index (χ3v) is 7.03. The zero-order chi connectivity index (χ0) is 26.1. The molecule has 194 valence electrons. The zero-order valence-corrected chi connectivity index (χ0v) is 21.2. The van der Waals surface area contributed by atoms with Crippen LogP contribution in [0.25, 0.3) is 0 Å². The van der Waals surface area contributed by atoms with Gasteiger partial charge < -0.3 is 25.0 Å². The average Bonchev–Trinajstić information content (AvgIpc) is 3.35. The molecule has 2 saturated heterocycles. The molecule has 0 saturated carbocycles. The molecule has 9 nitrogen and oxygen atoms in total. The molecule has 10 heteroatoms. The highest BCUT2D eigenvalue weighted by Crippen LogP contribution is 2.25. The van der Waals surface area contributed by atoms with E-state index in [0.717, 1.165) is 37.9 Å². The van der Waals surface area contributed by atoms with Crippen LogP contribution in [0.4, 0.5) is 4.79 Å². The molecule has 0 aliphatic carbocycles. The van der Waals surface area contributed by atoms with Gasteiger partial charge in [-0.25, -0.2) is 4.79 Å². The summed E-state index contributed by atoms with van der Waals surface area (Å²) in [6.45, 7) is 6.40. The van der Waals surface area contributed by atoms with Crippen LogP contribution < -0.4 is 5.32 Å². The summed E-state index contributed by atoms with van der Waals surface area (Å²) in [5.74, 6) is -1.28. The van der Waals surface area contributed by atoms with Gasteiger partial charge in [0.05, 0.1) is 12.0 Å². The molecular weight excluding hydrogens is 459 g/mol. The van der Waals surface area contributed by atoms with Gasteiger partial charge in [0.1, 0.15) is 18.2 Å². The van der Waals surface area contributed by atoms with Crippen LogP contribution in [0.1, 0.15) is 51.5 Å². The minimum Gasteiger partial charge on any atom is -0.447 e. The molecule has 2 fully saturated rings. The standard InChI is InChI=1S/C26H37BN4O5/c1-26(2,30-13-7-4-8-14-30)17-21(18-28)24(32)31-15-9-12-22(31)19-36-25(33)29-23(27(34)35)16-20-10-5-3-6-11-20/h3,5-6,10-11,17,22-23,34-35H,4,7-9,12-16,19H2,1-2H3,(H,29,33)/b21-17+/t22-,23?/m1/s1. The van der Waals surface area contributed by atoms with E-state index in [1.165, 1.54) is 6.42 Å². The summed E-state index contributed by atoms with van der Waals surface area (Å²) in [6.07, 6.45) is 6.04. The molecule has 0 spiro atoms. The van der Waals surface area contributed by atoms with Gasteiger partial charge in [-0.1, -0.05) is 36.8 Å². The van der Waals surface area contributed by atoms with E-state index in [-0.39, 0.29) is 30.5 Å². The van der Waals surface area contributed by atoms with Gasteiger partial charge in [-0.15, -0.1) is 0 Å². The van der Waals surface area contributed by atoms with Gasteiger partial charge in [0.25, 0.3) is 5.91 Å². The maximum atomic E-state index is 13.3. The van der Waals surface area contributed by atoms with Crippen LogP contribution >= 0.6 is 0 Å². The Bertz CT molecular complexity index is 957. The largest absolute Gasteiger partial charge is 0.475 e. The van der Waals surface area contributed by atoms with E-state index in [2.05, 4.69) is 16.3 Å². The lowest BCUT2D eigenvalue weighted by molar-refractivity contribution is -0.128. The Labute approximate surface area is 213 Å². The molecule has 0 aromatic heterocycles. The number of nitrogens with one attached hydrogen (secondary N) is 1. The van der Waals surface area contributed by atoms with Gasteiger partial charge in [0.2, 0.25) is 0 Å². The third-order valence-electron chi connectivity index (χ3n) is 7.03. The Balaban J connectivity index is 1.58. The van der Waals surface area contributed by atoms with Crippen LogP contribution in [0, 0.1) is 11.3 Å². The summed E-state index contributed by atoms with van der Waals surface area (Å²) in [7, 11) is -1.76. The first-order valence-electron chi connectivity index (χ1n) is 12.7. The smallest absolute Gasteiger partial charge is 0.447 e. The number of piperidine rings is 1. The molecule has 0 radical (unpaired) electrons. The average molecular weight is 496 g/mol. The van der Waals surface area contributed by atoms with E-state index in [1.54, 1.807) is 11.0 Å². The number of nitriles is 1. The predicted molar refractivity (Wildman–Crippen MR) is 137 cm³/mol. The molecule has 2 atom stereocenters. The first-order valence-corrected chi connectivity index (χ1v) is 12.7. The molecule has 2 amide bonds.